The molecule has 5 heteroatoms. The first-order chi connectivity index (χ1) is 12.8. The molecule has 0 radical (unpaired) electrons. The van der Waals surface area contributed by atoms with Gasteiger partial charge >= 0.3 is 0 Å². The van der Waals surface area contributed by atoms with E-state index in [1.807, 2.05) is 6.92 Å². The molecule has 5 N–H and O–H groups in total. The molecule has 0 aliphatic rings. The Morgan fingerprint density at radius 1 is 1.00 bits per heavy atom. The Kier molecular flexibility index (Phi) is 7.13. The van der Waals surface area contributed by atoms with Crippen LogP contribution in [-0.2, 0) is 11.2 Å². The number of quaternary nitrogens is 1. The average molecular weight is 369 g/mol. The molecule has 0 unspecified atom stereocenters. The molecule has 27 heavy (non-hydrogen) atoms. The van der Waals surface area contributed by atoms with Crippen molar-refractivity contribution in [3.8, 4) is 0 Å². The summed E-state index contributed by atoms with van der Waals surface area (Å²) in [5.74, 6) is -0.163. The van der Waals surface area contributed by atoms with Gasteiger partial charge in [0.25, 0.3) is 5.91 Å². The monoisotopic (exact) mass is 368 g/mol. The predicted octanol–water partition coefficient (Wildman–Crippen LogP) is 2.64. The molecule has 2 aromatic rings. The quantitative estimate of drug-likeness (QED) is 0.669. The fourth-order valence-corrected chi connectivity index (χ4v) is 3.07. The molecule has 5 nitrogen and oxygen atoms in total. The van der Waals surface area contributed by atoms with E-state index in [1.165, 1.54) is 11.1 Å². The van der Waals surface area contributed by atoms with Gasteiger partial charge in [-0.1, -0.05) is 45.0 Å². The molecule has 0 bridgehead atoms. The van der Waals surface area contributed by atoms with Crippen LogP contribution in [0.3, 0.4) is 0 Å². The summed E-state index contributed by atoms with van der Waals surface area (Å²) < 4.78 is 0. The van der Waals surface area contributed by atoms with E-state index in [2.05, 4.69) is 55.7 Å². The lowest BCUT2D eigenvalue weighted by atomic mass is 9.94. The molecule has 0 spiro atoms. The summed E-state index contributed by atoms with van der Waals surface area (Å²) in [5, 5.41) is 5.01. The van der Waals surface area contributed by atoms with Crippen molar-refractivity contribution in [1.82, 2.24) is 0 Å². The van der Waals surface area contributed by atoms with E-state index in [0.717, 1.165) is 6.42 Å². The van der Waals surface area contributed by atoms with Crippen LogP contribution in [0.1, 0.15) is 55.2 Å². The summed E-state index contributed by atoms with van der Waals surface area (Å²) in [6.07, 6.45) is 1.02. The minimum atomic E-state index is -0.483. The van der Waals surface area contributed by atoms with Crippen molar-refractivity contribution in [1.29, 1.82) is 0 Å². The Balaban J connectivity index is 2.04. The molecule has 0 saturated heterocycles. The van der Waals surface area contributed by atoms with Crippen LogP contribution in [0, 0.1) is 5.92 Å². The first kappa shape index (κ1) is 20.6. The average Bonchev–Trinajstić information content (AvgIpc) is 2.66. The second-order valence-electron chi connectivity index (χ2n) is 7.28. The van der Waals surface area contributed by atoms with Gasteiger partial charge < -0.3 is 16.4 Å². The second kappa shape index (κ2) is 9.33. The normalized spacial score (nSPS) is 13.2. The number of carbonyl (C=O) groups excluding carboxylic acids is 2. The predicted molar refractivity (Wildman–Crippen MR) is 108 cm³/mol. The Labute approximate surface area is 161 Å². The van der Waals surface area contributed by atoms with Crippen LogP contribution in [0.15, 0.2) is 48.5 Å². The maximum absolute atomic E-state index is 12.6. The number of anilines is 1. The third-order valence-electron chi connectivity index (χ3n) is 4.84. The van der Waals surface area contributed by atoms with Crippen LogP contribution in [0.25, 0.3) is 0 Å². The number of carbonyl (C=O) groups is 2. The van der Waals surface area contributed by atoms with E-state index in [9.17, 15) is 9.59 Å². The molecule has 2 atom stereocenters. The number of aryl methyl sites for hydroxylation is 1. The van der Waals surface area contributed by atoms with Crippen molar-refractivity contribution in [3.05, 3.63) is 65.2 Å². The molecular formula is C22H30N3O2+. The van der Waals surface area contributed by atoms with Gasteiger partial charge in [-0.15, -0.1) is 0 Å². The largest absolute Gasteiger partial charge is 0.366 e. The Morgan fingerprint density at radius 2 is 1.59 bits per heavy atom. The van der Waals surface area contributed by atoms with Gasteiger partial charge in [-0.2, -0.15) is 0 Å². The Hall–Kier alpha value is -2.66. The van der Waals surface area contributed by atoms with Crippen LogP contribution in [0.2, 0.25) is 0 Å². The van der Waals surface area contributed by atoms with Gasteiger partial charge in [0, 0.05) is 22.7 Å². The summed E-state index contributed by atoms with van der Waals surface area (Å²) >= 11 is 0. The van der Waals surface area contributed by atoms with E-state index in [4.69, 9.17) is 5.73 Å². The van der Waals surface area contributed by atoms with Gasteiger partial charge in [-0.05, 0) is 43.2 Å². The van der Waals surface area contributed by atoms with Crippen molar-refractivity contribution < 1.29 is 14.9 Å². The van der Waals surface area contributed by atoms with E-state index in [-0.39, 0.29) is 18.0 Å². The lowest BCUT2D eigenvalue weighted by molar-refractivity contribution is -0.718. The molecule has 144 valence electrons. The van der Waals surface area contributed by atoms with Crippen molar-refractivity contribution in [2.75, 3.05) is 5.32 Å². The van der Waals surface area contributed by atoms with Crippen LogP contribution in [-0.4, -0.2) is 17.9 Å². The zero-order valence-electron chi connectivity index (χ0n) is 16.5. The van der Waals surface area contributed by atoms with Gasteiger partial charge in [0.1, 0.15) is 6.04 Å². The van der Waals surface area contributed by atoms with E-state index >= 15 is 0 Å². The highest BCUT2D eigenvalue weighted by Gasteiger charge is 2.25. The number of nitrogens with one attached hydrogen (secondary N) is 1. The lowest BCUT2D eigenvalue weighted by Crippen LogP contribution is -2.93. The Bertz CT molecular complexity index is 767. The number of primary amides is 1. The summed E-state index contributed by atoms with van der Waals surface area (Å²) in [5.41, 5.74) is 8.85. The van der Waals surface area contributed by atoms with E-state index < -0.39 is 5.91 Å². The van der Waals surface area contributed by atoms with Gasteiger partial charge in [-0.25, -0.2) is 0 Å². The summed E-state index contributed by atoms with van der Waals surface area (Å²) in [6.45, 7) is 8.39. The smallest absolute Gasteiger partial charge is 0.282 e. The molecular weight excluding hydrogens is 338 g/mol. The van der Waals surface area contributed by atoms with Gasteiger partial charge in [0.2, 0.25) is 5.91 Å². The molecule has 2 amide bonds. The summed E-state index contributed by atoms with van der Waals surface area (Å²) in [6, 6.07) is 15.2. The molecule has 0 aromatic heterocycles. The van der Waals surface area contributed by atoms with E-state index in [1.54, 1.807) is 24.3 Å². The van der Waals surface area contributed by atoms with Crippen LogP contribution >= 0.6 is 0 Å². The highest BCUT2D eigenvalue weighted by atomic mass is 16.2. The van der Waals surface area contributed by atoms with Gasteiger partial charge in [0.05, 0.1) is 0 Å². The molecule has 0 saturated carbocycles. The number of nitrogens with two attached hydrogens (primary N) is 2. The van der Waals surface area contributed by atoms with Crippen molar-refractivity contribution in [3.63, 3.8) is 0 Å². The fourth-order valence-electron chi connectivity index (χ4n) is 3.07. The van der Waals surface area contributed by atoms with Crippen LogP contribution in [0.5, 0.6) is 0 Å². The minimum absolute atomic E-state index is 0.0716. The van der Waals surface area contributed by atoms with Crippen LogP contribution in [0.4, 0.5) is 5.69 Å². The molecule has 0 heterocycles. The zero-order chi connectivity index (χ0) is 20.0. The zero-order valence-corrected chi connectivity index (χ0v) is 16.5. The van der Waals surface area contributed by atoms with Crippen LogP contribution < -0.4 is 16.4 Å². The third-order valence-corrected chi connectivity index (χ3v) is 4.84. The first-order valence-electron chi connectivity index (χ1n) is 9.46. The number of amides is 2. The first-order valence-corrected chi connectivity index (χ1v) is 9.46. The van der Waals surface area contributed by atoms with Crippen molar-refractivity contribution in [2.24, 2.45) is 11.7 Å². The maximum Gasteiger partial charge on any atom is 0.282 e. The van der Waals surface area contributed by atoms with E-state index in [0.29, 0.717) is 17.2 Å². The third kappa shape index (κ3) is 5.66. The summed E-state index contributed by atoms with van der Waals surface area (Å²) in [4.78, 5) is 23.7. The summed E-state index contributed by atoms with van der Waals surface area (Å²) in [7, 11) is 0. The molecule has 0 fully saturated rings. The molecule has 0 aliphatic heterocycles. The molecule has 2 rings (SSSR count). The van der Waals surface area contributed by atoms with Gasteiger partial charge in [-0.3, -0.25) is 9.59 Å². The van der Waals surface area contributed by atoms with Gasteiger partial charge in [0.15, 0.2) is 6.04 Å². The van der Waals surface area contributed by atoms with Crippen molar-refractivity contribution in [2.45, 2.75) is 46.2 Å². The highest BCUT2D eigenvalue weighted by Crippen LogP contribution is 2.19. The molecule has 2 aromatic carbocycles. The lowest BCUT2D eigenvalue weighted by Gasteiger charge is -2.23. The van der Waals surface area contributed by atoms with Crippen molar-refractivity contribution >= 4 is 17.5 Å². The standard InChI is InChI=1S/C22H29N3O2/c1-5-16-6-8-17(9-7-16)20(14(2)3)24-15(4)22(27)25-19-12-10-18(11-13-19)21(23)26/h6-15,20,24H,5H2,1-4H3,(H2,23,26)(H,25,27)/p+1/t15-,20-/m1/s1. The minimum Gasteiger partial charge on any atom is -0.366 e. The number of benzene rings is 2. The number of hydrogen-bond donors (Lipinski definition) is 3. The fraction of sp³-hybridized carbons (Fsp3) is 0.364. The highest BCUT2D eigenvalue weighted by molar-refractivity contribution is 5.95. The maximum atomic E-state index is 12.6. The topological polar surface area (TPSA) is 88.8 Å². The number of rotatable bonds is 8. The second-order valence-corrected chi connectivity index (χ2v) is 7.28. The Morgan fingerprint density at radius 3 is 2.07 bits per heavy atom. The molecule has 0 aliphatic carbocycles. The number of hydrogen-bond acceptors (Lipinski definition) is 2. The SMILES string of the molecule is CCc1ccc([C@H]([NH2+][C@H](C)C(=O)Nc2ccc(C(N)=O)cc2)C(C)C)cc1.